The number of unbranched alkanes of at least 4 members (excludes halogenated alkanes) is 1. The van der Waals surface area contributed by atoms with Crippen LogP contribution in [0, 0.1) is 5.92 Å². The largest absolute Gasteiger partial charge is 0.394 e. The first kappa shape index (κ1) is 17.7. The Morgan fingerprint density at radius 3 is 2.65 bits per heavy atom. The zero-order valence-corrected chi connectivity index (χ0v) is 12.3. The van der Waals surface area contributed by atoms with E-state index in [-0.39, 0.29) is 12.5 Å². The fourth-order valence-corrected chi connectivity index (χ4v) is 2.17. The molecule has 1 amide bonds. The second-order valence-corrected chi connectivity index (χ2v) is 5.15. The third-order valence-electron chi connectivity index (χ3n) is 3.39. The summed E-state index contributed by atoms with van der Waals surface area (Å²) < 4.78 is 13.1. The van der Waals surface area contributed by atoms with Crippen molar-refractivity contribution >= 4 is 18.7 Å². The smallest absolute Gasteiger partial charge is 0.229 e. The number of hydrogen-bond donors (Lipinski definition) is 5. The molecule has 3 unspecified atom stereocenters. The van der Waals surface area contributed by atoms with Crippen LogP contribution in [0.25, 0.3) is 0 Å². The number of rotatable bonds is 7. The maximum atomic E-state index is 10.9. The third-order valence-corrected chi connectivity index (χ3v) is 3.64. The summed E-state index contributed by atoms with van der Waals surface area (Å²) in [6.45, 7) is 1.70. The maximum Gasteiger partial charge on any atom is 0.229 e. The molecule has 5 atom stereocenters. The Morgan fingerprint density at radius 1 is 1.35 bits per heavy atom. The van der Waals surface area contributed by atoms with Gasteiger partial charge in [-0.2, -0.15) is 0 Å². The lowest BCUT2D eigenvalue weighted by Crippen LogP contribution is -2.55. The Hall–Kier alpha value is -0.380. The number of hydrogen-bond acceptors (Lipinski definition) is 7. The van der Waals surface area contributed by atoms with Crippen LogP contribution in [0.15, 0.2) is 0 Å². The first-order chi connectivity index (χ1) is 9.51. The van der Waals surface area contributed by atoms with E-state index in [1.807, 2.05) is 0 Å². The van der Waals surface area contributed by atoms with Crippen LogP contribution < -0.4 is 4.72 Å². The Kier molecular flexibility index (Phi) is 7.78. The highest BCUT2D eigenvalue weighted by molar-refractivity contribution is 7.78. The number of ether oxygens (including phenoxy) is 2. The average Bonchev–Trinajstić information content (AvgIpc) is 2.46. The molecule has 1 saturated heterocycles. The molecule has 8 heteroatoms. The molecule has 0 radical (unpaired) electrons. The normalized spacial score (nSPS) is 34.0. The Bertz CT molecular complexity index is 304. The van der Waals surface area contributed by atoms with Crippen LogP contribution in [0.5, 0.6) is 0 Å². The summed E-state index contributed by atoms with van der Waals surface area (Å²) >= 11 is 3.65. The lowest BCUT2D eigenvalue weighted by atomic mass is 9.92. The van der Waals surface area contributed by atoms with E-state index in [1.54, 1.807) is 6.92 Å². The molecule has 1 rings (SSSR count). The van der Waals surface area contributed by atoms with E-state index >= 15 is 0 Å². The van der Waals surface area contributed by atoms with Gasteiger partial charge in [0.1, 0.15) is 12.2 Å². The maximum absolute atomic E-state index is 10.9. The van der Waals surface area contributed by atoms with Gasteiger partial charge in [0.15, 0.2) is 6.29 Å². The summed E-state index contributed by atoms with van der Waals surface area (Å²) in [6, 6.07) is 0. The van der Waals surface area contributed by atoms with Gasteiger partial charge in [0.05, 0.1) is 12.7 Å². The summed E-state index contributed by atoms with van der Waals surface area (Å²) in [6.07, 6.45) is -1.95. The SMILES string of the molecule is CC1C(OCCCCC(=O)NS)OC(CO)[C@H](O)[C@@H]1O. The molecule has 0 aliphatic carbocycles. The van der Waals surface area contributed by atoms with E-state index in [9.17, 15) is 15.0 Å². The summed E-state index contributed by atoms with van der Waals surface area (Å²) in [7, 11) is 0. The summed E-state index contributed by atoms with van der Waals surface area (Å²) in [5.41, 5.74) is 0. The van der Waals surface area contributed by atoms with Gasteiger partial charge in [-0.15, -0.1) is 0 Å². The van der Waals surface area contributed by atoms with Crippen LogP contribution in [0.4, 0.5) is 0 Å². The van der Waals surface area contributed by atoms with Crippen molar-refractivity contribution in [2.75, 3.05) is 13.2 Å². The standard InChI is InChI=1S/C12H23NO6S/c1-7-10(16)11(17)8(6-14)19-12(7)18-5-3-2-4-9(15)13-20/h7-8,10-12,14,16-17,20H,2-6H2,1H3,(H,13,15)/t7?,8?,10-,11+,12?/m1/s1. The predicted molar refractivity (Wildman–Crippen MR) is 73.9 cm³/mol. The lowest BCUT2D eigenvalue weighted by Gasteiger charge is -2.40. The number of nitrogens with one attached hydrogen (secondary N) is 1. The number of carbonyl (C=O) groups excluding carboxylic acids is 1. The molecule has 0 aromatic rings. The highest BCUT2D eigenvalue weighted by atomic mass is 32.1. The number of carbonyl (C=O) groups is 1. The van der Waals surface area contributed by atoms with Crippen molar-refractivity contribution in [3.63, 3.8) is 0 Å². The summed E-state index contributed by atoms with van der Waals surface area (Å²) in [5, 5.41) is 28.6. The van der Waals surface area contributed by atoms with Crippen molar-refractivity contribution < 1.29 is 29.6 Å². The summed E-state index contributed by atoms with van der Waals surface area (Å²) in [4.78, 5) is 10.9. The molecule has 1 heterocycles. The Morgan fingerprint density at radius 2 is 2.05 bits per heavy atom. The van der Waals surface area contributed by atoms with E-state index < -0.39 is 30.5 Å². The molecule has 0 aromatic heterocycles. The second-order valence-electron chi connectivity index (χ2n) is 4.93. The molecule has 1 aliphatic rings. The first-order valence-electron chi connectivity index (χ1n) is 6.68. The van der Waals surface area contributed by atoms with Crippen molar-refractivity contribution in [2.45, 2.75) is 50.8 Å². The highest BCUT2D eigenvalue weighted by Gasteiger charge is 2.42. The minimum absolute atomic E-state index is 0.144. The highest BCUT2D eigenvalue weighted by Crippen LogP contribution is 2.26. The number of thiol groups is 1. The van der Waals surface area contributed by atoms with Crippen LogP contribution >= 0.6 is 12.8 Å². The van der Waals surface area contributed by atoms with Gasteiger partial charge in [-0.1, -0.05) is 19.7 Å². The van der Waals surface area contributed by atoms with Crippen LogP contribution in [-0.4, -0.2) is 59.0 Å². The minimum Gasteiger partial charge on any atom is -0.394 e. The van der Waals surface area contributed by atoms with Gasteiger partial charge >= 0.3 is 0 Å². The van der Waals surface area contributed by atoms with E-state index in [2.05, 4.69) is 17.5 Å². The molecule has 0 bridgehead atoms. The molecule has 0 aromatic carbocycles. The third kappa shape index (κ3) is 4.87. The van der Waals surface area contributed by atoms with Crippen LogP contribution in [0.3, 0.4) is 0 Å². The molecule has 20 heavy (non-hydrogen) atoms. The summed E-state index contributed by atoms with van der Waals surface area (Å²) in [5.74, 6) is -0.539. The van der Waals surface area contributed by atoms with Crippen LogP contribution in [0.1, 0.15) is 26.2 Å². The average molecular weight is 309 g/mol. The number of aliphatic hydroxyl groups is 3. The zero-order valence-electron chi connectivity index (χ0n) is 11.4. The molecule has 7 nitrogen and oxygen atoms in total. The fourth-order valence-electron chi connectivity index (χ4n) is 2.05. The van der Waals surface area contributed by atoms with Gasteiger partial charge in [-0.25, -0.2) is 0 Å². The van der Waals surface area contributed by atoms with Crippen LogP contribution in [-0.2, 0) is 14.3 Å². The molecule has 4 N–H and O–H groups in total. The van der Waals surface area contributed by atoms with Gasteiger partial charge in [0.2, 0.25) is 5.91 Å². The first-order valence-corrected chi connectivity index (χ1v) is 7.13. The monoisotopic (exact) mass is 309 g/mol. The molecular formula is C12H23NO6S. The number of amides is 1. The van der Waals surface area contributed by atoms with E-state index in [0.717, 1.165) is 0 Å². The van der Waals surface area contributed by atoms with Gasteiger partial charge in [-0.05, 0) is 12.8 Å². The Labute approximate surface area is 123 Å². The van der Waals surface area contributed by atoms with E-state index in [4.69, 9.17) is 14.6 Å². The molecule has 1 aliphatic heterocycles. The lowest BCUT2D eigenvalue weighted by molar-refractivity contribution is -0.282. The minimum atomic E-state index is -1.12. The Balaban J connectivity index is 2.30. The van der Waals surface area contributed by atoms with Gasteiger partial charge in [0.25, 0.3) is 0 Å². The molecular weight excluding hydrogens is 286 g/mol. The number of aliphatic hydroxyl groups excluding tert-OH is 3. The zero-order chi connectivity index (χ0) is 15.1. The molecule has 118 valence electrons. The molecule has 1 fully saturated rings. The van der Waals surface area contributed by atoms with Crippen molar-refractivity contribution in [1.82, 2.24) is 4.72 Å². The van der Waals surface area contributed by atoms with Gasteiger partial charge in [-0.3, -0.25) is 4.79 Å². The van der Waals surface area contributed by atoms with E-state index in [1.165, 1.54) is 0 Å². The van der Waals surface area contributed by atoms with Crippen molar-refractivity contribution in [1.29, 1.82) is 0 Å². The topological polar surface area (TPSA) is 108 Å². The van der Waals surface area contributed by atoms with E-state index in [0.29, 0.717) is 25.9 Å². The van der Waals surface area contributed by atoms with Gasteiger partial charge < -0.3 is 29.5 Å². The van der Waals surface area contributed by atoms with Gasteiger partial charge in [0, 0.05) is 18.9 Å². The van der Waals surface area contributed by atoms with Crippen molar-refractivity contribution in [2.24, 2.45) is 5.92 Å². The quantitative estimate of drug-likeness (QED) is 0.311. The predicted octanol–water partition coefficient (Wildman–Crippen LogP) is -0.791. The van der Waals surface area contributed by atoms with Crippen molar-refractivity contribution in [3.8, 4) is 0 Å². The second kappa shape index (κ2) is 8.81. The fraction of sp³-hybridized carbons (Fsp3) is 0.917. The van der Waals surface area contributed by atoms with Crippen LogP contribution in [0.2, 0.25) is 0 Å². The van der Waals surface area contributed by atoms with Crippen molar-refractivity contribution in [3.05, 3.63) is 0 Å². The molecule has 0 saturated carbocycles. The molecule has 0 spiro atoms.